The molecule has 4 aromatic carbocycles. The third-order valence-corrected chi connectivity index (χ3v) is 7.15. The van der Waals surface area contributed by atoms with Crippen molar-refractivity contribution in [1.82, 2.24) is 0 Å². The summed E-state index contributed by atoms with van der Waals surface area (Å²) in [5.41, 5.74) is 1.57. The summed E-state index contributed by atoms with van der Waals surface area (Å²) in [6.45, 7) is 3.72. The van der Waals surface area contributed by atoms with Gasteiger partial charge in [-0.25, -0.2) is 13.2 Å². The lowest BCUT2D eigenvalue weighted by atomic mass is 10.0. The van der Waals surface area contributed by atoms with Gasteiger partial charge in [0.25, 0.3) is 10.0 Å². The van der Waals surface area contributed by atoms with Gasteiger partial charge in [0.15, 0.2) is 5.78 Å². The molecule has 0 atom stereocenters. The zero-order valence-corrected chi connectivity index (χ0v) is 20.1. The summed E-state index contributed by atoms with van der Waals surface area (Å²) >= 11 is 0. The van der Waals surface area contributed by atoms with E-state index in [1.165, 1.54) is 46.8 Å². The molecule has 0 amide bonds. The standard InChI is InChI=1S/C29H23NO5S/c1-2-20-30(25-13-7-4-8-14-25)36(33,34)27-15-9-12-24(21-27)29(32)35-26-18-16-23(17-19-26)28(31)22-10-5-3-6-11-22/h2-19,21H,1,20H2. The molecule has 0 saturated carbocycles. The Hall–Kier alpha value is -4.49. The second-order valence-corrected chi connectivity index (χ2v) is 9.66. The lowest BCUT2D eigenvalue weighted by Gasteiger charge is -2.23. The van der Waals surface area contributed by atoms with E-state index in [9.17, 15) is 18.0 Å². The fraction of sp³-hybridized carbons (Fsp3) is 0.0345. The lowest BCUT2D eigenvalue weighted by molar-refractivity contribution is 0.0734. The van der Waals surface area contributed by atoms with E-state index in [2.05, 4.69) is 6.58 Å². The van der Waals surface area contributed by atoms with Gasteiger partial charge in [0.2, 0.25) is 0 Å². The summed E-state index contributed by atoms with van der Waals surface area (Å²) < 4.78 is 33.4. The highest BCUT2D eigenvalue weighted by Gasteiger charge is 2.25. The van der Waals surface area contributed by atoms with E-state index in [1.54, 1.807) is 66.7 Å². The van der Waals surface area contributed by atoms with Crippen LogP contribution in [0, 0.1) is 0 Å². The second kappa shape index (κ2) is 10.8. The molecule has 0 N–H and O–H groups in total. The Labute approximate surface area is 210 Å². The predicted molar refractivity (Wildman–Crippen MR) is 139 cm³/mol. The zero-order chi connectivity index (χ0) is 25.5. The van der Waals surface area contributed by atoms with Crippen molar-refractivity contribution >= 4 is 27.5 Å². The monoisotopic (exact) mass is 497 g/mol. The number of ether oxygens (including phenoxy) is 1. The van der Waals surface area contributed by atoms with E-state index in [-0.39, 0.29) is 28.5 Å². The van der Waals surface area contributed by atoms with Crippen LogP contribution in [-0.4, -0.2) is 26.7 Å². The molecule has 0 bridgehead atoms. The maximum absolute atomic E-state index is 13.4. The van der Waals surface area contributed by atoms with Crippen molar-refractivity contribution in [3.63, 3.8) is 0 Å². The molecule has 0 aliphatic heterocycles. The summed E-state index contributed by atoms with van der Waals surface area (Å²) in [6, 6.07) is 29.4. The maximum Gasteiger partial charge on any atom is 0.343 e. The van der Waals surface area contributed by atoms with E-state index < -0.39 is 16.0 Å². The fourth-order valence-corrected chi connectivity index (χ4v) is 5.04. The quantitative estimate of drug-likeness (QED) is 0.132. The van der Waals surface area contributed by atoms with Gasteiger partial charge in [-0.15, -0.1) is 6.58 Å². The van der Waals surface area contributed by atoms with E-state index in [1.807, 2.05) is 6.07 Å². The topological polar surface area (TPSA) is 80.8 Å². The Bertz CT molecular complexity index is 1480. The van der Waals surface area contributed by atoms with Crippen molar-refractivity contribution < 1.29 is 22.7 Å². The Kier molecular flexibility index (Phi) is 7.42. The van der Waals surface area contributed by atoms with E-state index >= 15 is 0 Å². The number of ketones is 1. The Morgan fingerprint density at radius 2 is 1.33 bits per heavy atom. The van der Waals surface area contributed by atoms with Crippen LogP contribution in [0.5, 0.6) is 5.75 Å². The molecule has 4 rings (SSSR count). The SMILES string of the molecule is C=CCN(c1ccccc1)S(=O)(=O)c1cccc(C(=O)Oc2ccc(C(=O)c3ccccc3)cc2)c1. The Morgan fingerprint density at radius 1 is 0.750 bits per heavy atom. The van der Waals surface area contributed by atoms with Gasteiger partial charge < -0.3 is 4.74 Å². The first kappa shape index (κ1) is 24.6. The number of rotatable bonds is 9. The van der Waals surface area contributed by atoms with Crippen LogP contribution >= 0.6 is 0 Å². The Balaban J connectivity index is 1.53. The number of sulfonamides is 1. The van der Waals surface area contributed by atoms with Gasteiger partial charge in [-0.05, 0) is 54.6 Å². The summed E-state index contributed by atoms with van der Waals surface area (Å²) in [7, 11) is -3.97. The largest absolute Gasteiger partial charge is 0.423 e. The highest BCUT2D eigenvalue weighted by Crippen LogP contribution is 2.25. The lowest BCUT2D eigenvalue weighted by Crippen LogP contribution is -2.31. The van der Waals surface area contributed by atoms with Crippen molar-refractivity contribution in [3.8, 4) is 5.75 Å². The minimum absolute atomic E-state index is 0.0496. The fourth-order valence-electron chi connectivity index (χ4n) is 3.56. The van der Waals surface area contributed by atoms with E-state index in [0.29, 0.717) is 16.8 Å². The van der Waals surface area contributed by atoms with E-state index in [0.717, 1.165) is 0 Å². The summed E-state index contributed by atoms with van der Waals surface area (Å²) in [4.78, 5) is 25.3. The van der Waals surface area contributed by atoms with Gasteiger partial charge in [0, 0.05) is 11.1 Å². The normalized spacial score (nSPS) is 10.9. The third-order valence-electron chi connectivity index (χ3n) is 5.36. The molecule has 7 heteroatoms. The van der Waals surface area contributed by atoms with Crippen LogP contribution in [0.1, 0.15) is 26.3 Å². The molecule has 0 aromatic heterocycles. The number of hydrogen-bond donors (Lipinski definition) is 0. The van der Waals surface area contributed by atoms with Crippen LogP contribution in [0.4, 0.5) is 5.69 Å². The van der Waals surface area contributed by atoms with Crippen LogP contribution < -0.4 is 9.04 Å². The van der Waals surface area contributed by atoms with Gasteiger partial charge in [0.05, 0.1) is 22.7 Å². The van der Waals surface area contributed by atoms with Gasteiger partial charge in [0.1, 0.15) is 5.75 Å². The summed E-state index contributed by atoms with van der Waals surface area (Å²) in [5.74, 6) is -0.631. The smallest absolute Gasteiger partial charge is 0.343 e. The van der Waals surface area contributed by atoms with Gasteiger partial charge in [-0.3, -0.25) is 9.10 Å². The van der Waals surface area contributed by atoms with Crippen LogP contribution in [0.15, 0.2) is 127 Å². The van der Waals surface area contributed by atoms with Crippen LogP contribution in [0.3, 0.4) is 0 Å². The van der Waals surface area contributed by atoms with Crippen LogP contribution in [0.25, 0.3) is 0 Å². The molecule has 0 spiro atoms. The molecule has 0 saturated heterocycles. The molecular formula is C29H23NO5S. The number of nitrogens with zero attached hydrogens (tertiary/aromatic N) is 1. The Morgan fingerprint density at radius 3 is 1.97 bits per heavy atom. The number of benzene rings is 4. The number of anilines is 1. The number of para-hydroxylation sites is 1. The molecule has 180 valence electrons. The minimum atomic E-state index is -3.97. The first-order valence-electron chi connectivity index (χ1n) is 11.1. The number of carbonyl (C=O) groups is 2. The van der Waals surface area contributed by atoms with Crippen molar-refractivity contribution in [2.45, 2.75) is 4.90 Å². The van der Waals surface area contributed by atoms with Crippen molar-refractivity contribution in [3.05, 3.63) is 139 Å². The third kappa shape index (κ3) is 5.42. The summed E-state index contributed by atoms with van der Waals surface area (Å²) in [5, 5.41) is 0. The summed E-state index contributed by atoms with van der Waals surface area (Å²) in [6.07, 6.45) is 1.49. The zero-order valence-electron chi connectivity index (χ0n) is 19.3. The van der Waals surface area contributed by atoms with E-state index in [4.69, 9.17) is 4.74 Å². The first-order valence-corrected chi connectivity index (χ1v) is 12.5. The molecule has 0 unspecified atom stereocenters. The second-order valence-electron chi connectivity index (χ2n) is 7.80. The molecule has 0 heterocycles. The number of esters is 1. The highest BCUT2D eigenvalue weighted by molar-refractivity contribution is 7.92. The van der Waals surface area contributed by atoms with Crippen molar-refractivity contribution in [2.75, 3.05) is 10.8 Å². The molecule has 0 aliphatic rings. The van der Waals surface area contributed by atoms with Gasteiger partial charge in [-0.1, -0.05) is 60.7 Å². The molecule has 0 radical (unpaired) electrons. The number of carbonyl (C=O) groups excluding carboxylic acids is 2. The van der Waals surface area contributed by atoms with Crippen molar-refractivity contribution in [1.29, 1.82) is 0 Å². The molecule has 0 aliphatic carbocycles. The predicted octanol–water partition coefficient (Wildman–Crippen LogP) is 5.52. The molecule has 4 aromatic rings. The maximum atomic E-state index is 13.4. The molecule has 36 heavy (non-hydrogen) atoms. The molecule has 0 fully saturated rings. The number of hydrogen-bond acceptors (Lipinski definition) is 5. The average molecular weight is 498 g/mol. The van der Waals surface area contributed by atoms with Crippen molar-refractivity contribution in [2.24, 2.45) is 0 Å². The van der Waals surface area contributed by atoms with Crippen LogP contribution in [-0.2, 0) is 10.0 Å². The minimum Gasteiger partial charge on any atom is -0.423 e. The molecular weight excluding hydrogens is 474 g/mol. The van der Waals surface area contributed by atoms with Gasteiger partial charge >= 0.3 is 5.97 Å². The van der Waals surface area contributed by atoms with Gasteiger partial charge in [-0.2, -0.15) is 0 Å². The first-order chi connectivity index (χ1) is 17.4. The average Bonchev–Trinajstić information content (AvgIpc) is 2.92. The molecule has 6 nitrogen and oxygen atoms in total. The van der Waals surface area contributed by atoms with Crippen LogP contribution in [0.2, 0.25) is 0 Å². The highest BCUT2D eigenvalue weighted by atomic mass is 32.2.